The maximum atomic E-state index is 15.1. The molecule has 234 valence electrons. The molecule has 3 aliphatic rings. The number of rotatable bonds is 6. The summed E-state index contributed by atoms with van der Waals surface area (Å²) >= 11 is 0. The third-order valence-corrected chi connectivity index (χ3v) is 8.16. The summed E-state index contributed by atoms with van der Waals surface area (Å²) in [4.78, 5) is 39.5. The minimum absolute atomic E-state index is 0.0230. The summed E-state index contributed by atoms with van der Waals surface area (Å²) in [5.41, 5.74) is 4.78. The van der Waals surface area contributed by atoms with Gasteiger partial charge in [-0.05, 0) is 43.2 Å². The lowest BCUT2D eigenvalue weighted by Crippen LogP contribution is -2.50. The second-order valence-electron chi connectivity index (χ2n) is 11.2. The Bertz CT molecular complexity index is 1460. The summed E-state index contributed by atoms with van der Waals surface area (Å²) in [6.07, 6.45) is 3.72. The molecule has 1 aliphatic carbocycles. The van der Waals surface area contributed by atoms with E-state index >= 15 is 8.78 Å². The average molecular weight is 609 g/mol. The van der Waals surface area contributed by atoms with E-state index in [1.165, 1.54) is 42.0 Å². The van der Waals surface area contributed by atoms with E-state index < -0.39 is 17.7 Å². The number of piperazine rings is 1. The first-order chi connectivity index (χ1) is 21.0. The number of nitriles is 1. The minimum atomic E-state index is -2.90. The summed E-state index contributed by atoms with van der Waals surface area (Å²) in [7, 11) is 4.89. The molecule has 1 saturated carbocycles. The van der Waals surface area contributed by atoms with Crippen molar-refractivity contribution in [1.29, 1.82) is 5.26 Å². The molecule has 12 heteroatoms. The van der Waals surface area contributed by atoms with Crippen molar-refractivity contribution in [2.45, 2.75) is 45.0 Å². The molecule has 2 N–H and O–H groups in total. The Morgan fingerprint density at radius 1 is 1.09 bits per heavy atom. The fourth-order valence-corrected chi connectivity index (χ4v) is 5.42. The molecule has 0 bridgehead atoms. The molecule has 0 aromatic heterocycles. The van der Waals surface area contributed by atoms with E-state index in [-0.39, 0.29) is 35.0 Å². The highest BCUT2D eigenvalue weighted by atomic mass is 19.3. The number of amides is 3. The number of hydrazine groups is 1. The highest BCUT2D eigenvalue weighted by molar-refractivity contribution is 6.07. The lowest BCUT2D eigenvalue weighted by molar-refractivity contribution is -0.126. The molecule has 0 atom stereocenters. The number of fused-ring (bicyclic) bond motifs is 1. The molecule has 44 heavy (non-hydrogen) atoms. The molecule has 3 amide bonds. The van der Waals surface area contributed by atoms with E-state index in [9.17, 15) is 19.6 Å². The normalized spacial score (nSPS) is 16.9. The van der Waals surface area contributed by atoms with Crippen LogP contribution in [0.25, 0.3) is 0 Å². The quantitative estimate of drug-likeness (QED) is 0.506. The molecule has 2 aromatic carbocycles. The second-order valence-corrected chi connectivity index (χ2v) is 11.2. The zero-order chi connectivity index (χ0) is 32.0. The second kappa shape index (κ2) is 13.9. The maximum absolute atomic E-state index is 15.1. The molecule has 0 radical (unpaired) electrons. The summed E-state index contributed by atoms with van der Waals surface area (Å²) in [5.74, 6) is -3.90. The van der Waals surface area contributed by atoms with Crippen molar-refractivity contribution < 1.29 is 27.9 Å². The largest absolute Gasteiger partial charge is 0.495 e. The van der Waals surface area contributed by atoms with Gasteiger partial charge in [-0.2, -0.15) is 5.26 Å². The van der Waals surface area contributed by atoms with Crippen molar-refractivity contribution in [3.8, 4) is 11.8 Å². The standard InChI is InChI=1S/C28H29F2N5O3.C4H9NO/c1-38-24-12-7-18(15-19(24)16-31)26(36)33-23-17-32-35-14-13-34(27(37)25(23)35)22-10-8-21(9-11-22)28(29,30)20-5-3-2-4-6-20;1-4(6)5(2)3/h7-12,15,20,32H,2-6,13-14,17H2,1H3,(H,33,36);1-3H3. The molecule has 2 heterocycles. The summed E-state index contributed by atoms with van der Waals surface area (Å²) in [6, 6.07) is 12.5. The Labute approximate surface area is 256 Å². The van der Waals surface area contributed by atoms with Gasteiger partial charge in [-0.25, -0.2) is 14.2 Å². The first kappa shape index (κ1) is 32.4. The van der Waals surface area contributed by atoms with Gasteiger partial charge in [-0.1, -0.05) is 31.4 Å². The van der Waals surface area contributed by atoms with Gasteiger partial charge < -0.3 is 19.9 Å². The molecular weight excluding hydrogens is 570 g/mol. The van der Waals surface area contributed by atoms with Crippen LogP contribution in [0.15, 0.2) is 53.9 Å². The Kier molecular flexibility index (Phi) is 10.2. The topological polar surface area (TPSA) is 118 Å². The van der Waals surface area contributed by atoms with Crippen molar-refractivity contribution in [2.75, 3.05) is 45.7 Å². The third-order valence-electron chi connectivity index (χ3n) is 8.16. The first-order valence-corrected chi connectivity index (χ1v) is 14.6. The molecule has 2 aliphatic heterocycles. The van der Waals surface area contributed by atoms with Crippen LogP contribution in [0.2, 0.25) is 0 Å². The van der Waals surface area contributed by atoms with Crippen LogP contribution >= 0.6 is 0 Å². The lowest BCUT2D eigenvalue weighted by Gasteiger charge is -2.35. The number of alkyl halides is 2. The zero-order valence-electron chi connectivity index (χ0n) is 25.5. The number of carbonyl (C=O) groups excluding carboxylic acids is 3. The number of hydrogen-bond donors (Lipinski definition) is 2. The van der Waals surface area contributed by atoms with Crippen molar-refractivity contribution in [2.24, 2.45) is 5.92 Å². The number of methoxy groups -OCH3 is 1. The number of nitrogens with one attached hydrogen (secondary N) is 2. The van der Waals surface area contributed by atoms with Crippen LogP contribution in [0.1, 0.15) is 60.5 Å². The number of nitrogens with zero attached hydrogens (tertiary/aromatic N) is 4. The molecule has 2 aromatic rings. The van der Waals surface area contributed by atoms with Gasteiger partial charge in [0.25, 0.3) is 17.7 Å². The van der Waals surface area contributed by atoms with Gasteiger partial charge in [0.2, 0.25) is 5.91 Å². The Morgan fingerprint density at radius 2 is 1.75 bits per heavy atom. The van der Waals surface area contributed by atoms with Gasteiger partial charge in [-0.15, -0.1) is 0 Å². The number of halogens is 2. The molecular formula is C32H38F2N6O4. The average Bonchev–Trinajstić information content (AvgIpc) is 3.44. The van der Waals surface area contributed by atoms with Gasteiger partial charge in [0.1, 0.15) is 17.5 Å². The molecule has 1 saturated heterocycles. The van der Waals surface area contributed by atoms with E-state index in [1.54, 1.807) is 43.4 Å². The van der Waals surface area contributed by atoms with Crippen molar-refractivity contribution in [3.63, 3.8) is 0 Å². The summed E-state index contributed by atoms with van der Waals surface area (Å²) in [5, 5.41) is 13.8. The number of ether oxygens (including phenoxy) is 1. The number of hydrogen-bond acceptors (Lipinski definition) is 7. The van der Waals surface area contributed by atoms with Gasteiger partial charge in [0, 0.05) is 50.3 Å². The molecule has 2 fully saturated rings. The summed E-state index contributed by atoms with van der Waals surface area (Å²) in [6.45, 7) is 2.59. The van der Waals surface area contributed by atoms with Crippen LogP contribution in [-0.2, 0) is 15.5 Å². The molecule has 5 rings (SSSR count). The number of anilines is 1. The van der Waals surface area contributed by atoms with E-state index in [0.717, 1.165) is 19.3 Å². The monoisotopic (exact) mass is 608 g/mol. The van der Waals surface area contributed by atoms with Gasteiger partial charge in [0.05, 0.1) is 31.5 Å². The fraction of sp³-hybridized carbons (Fsp3) is 0.438. The molecule has 10 nitrogen and oxygen atoms in total. The fourth-order valence-electron chi connectivity index (χ4n) is 5.42. The Morgan fingerprint density at radius 3 is 2.34 bits per heavy atom. The number of carbonyl (C=O) groups is 3. The lowest BCUT2D eigenvalue weighted by atomic mass is 9.82. The number of benzene rings is 2. The highest BCUT2D eigenvalue weighted by Gasteiger charge is 2.42. The van der Waals surface area contributed by atoms with E-state index in [0.29, 0.717) is 48.8 Å². The van der Waals surface area contributed by atoms with Gasteiger partial charge in [0.15, 0.2) is 0 Å². The van der Waals surface area contributed by atoms with Crippen LogP contribution in [0.4, 0.5) is 14.5 Å². The predicted octanol–water partition coefficient (Wildman–Crippen LogP) is 4.14. The Balaban J connectivity index is 0.000000670. The zero-order valence-corrected chi connectivity index (χ0v) is 25.5. The van der Waals surface area contributed by atoms with Crippen molar-refractivity contribution >= 4 is 23.4 Å². The van der Waals surface area contributed by atoms with Crippen molar-refractivity contribution in [1.82, 2.24) is 20.7 Å². The van der Waals surface area contributed by atoms with E-state index in [2.05, 4.69) is 10.7 Å². The summed E-state index contributed by atoms with van der Waals surface area (Å²) < 4.78 is 35.3. The van der Waals surface area contributed by atoms with E-state index in [4.69, 9.17) is 4.74 Å². The smallest absolute Gasteiger partial charge is 0.277 e. The third kappa shape index (κ3) is 7.00. The maximum Gasteiger partial charge on any atom is 0.277 e. The first-order valence-electron chi connectivity index (χ1n) is 14.6. The van der Waals surface area contributed by atoms with Crippen LogP contribution in [0.5, 0.6) is 5.75 Å². The SMILES string of the molecule is CC(=O)N(C)C.COc1ccc(C(=O)NC2=C3C(=O)N(c4ccc(C(F)(F)C5CCCCC5)cc4)CCN3NC2)cc1C#N. The van der Waals surface area contributed by atoms with E-state index in [1.807, 2.05) is 6.07 Å². The molecule has 0 unspecified atom stereocenters. The highest BCUT2D eigenvalue weighted by Crippen LogP contribution is 2.44. The van der Waals surface area contributed by atoms with Gasteiger partial charge in [-0.3, -0.25) is 19.4 Å². The van der Waals surface area contributed by atoms with Crippen molar-refractivity contribution in [3.05, 3.63) is 70.5 Å². The van der Waals surface area contributed by atoms with Crippen LogP contribution in [-0.4, -0.2) is 68.5 Å². The Hall–Kier alpha value is -4.50. The van der Waals surface area contributed by atoms with Gasteiger partial charge >= 0.3 is 0 Å². The van der Waals surface area contributed by atoms with Crippen LogP contribution in [0.3, 0.4) is 0 Å². The van der Waals surface area contributed by atoms with Crippen LogP contribution in [0, 0.1) is 17.2 Å². The predicted molar refractivity (Wildman–Crippen MR) is 161 cm³/mol. The van der Waals surface area contributed by atoms with Crippen LogP contribution < -0.4 is 20.4 Å². The molecule has 0 spiro atoms. The minimum Gasteiger partial charge on any atom is -0.495 e.